The van der Waals surface area contributed by atoms with E-state index in [1.54, 1.807) is 4.68 Å². The number of nitrogens with zero attached hydrogens (tertiary/aromatic N) is 4. The van der Waals surface area contributed by atoms with Crippen molar-refractivity contribution < 1.29 is 0 Å². The number of para-hydroxylation sites is 1. The molecule has 0 spiro atoms. The second kappa shape index (κ2) is 5.93. The molecule has 0 bridgehead atoms. The maximum atomic E-state index is 4.13. The summed E-state index contributed by atoms with van der Waals surface area (Å²) in [7, 11) is 0. The highest BCUT2D eigenvalue weighted by molar-refractivity contribution is 5.30. The summed E-state index contributed by atoms with van der Waals surface area (Å²) in [4.78, 5) is 0. The topological polar surface area (TPSA) is 55.6 Å². The summed E-state index contributed by atoms with van der Waals surface area (Å²) < 4.78 is 1.78. The lowest BCUT2D eigenvalue weighted by atomic mass is 9.82. The summed E-state index contributed by atoms with van der Waals surface area (Å²) in [6, 6.07) is 9.95. The first-order valence-electron chi connectivity index (χ1n) is 7.35. The molecule has 21 heavy (non-hydrogen) atoms. The molecule has 0 aliphatic heterocycles. The first kappa shape index (κ1) is 15.6. The number of hydrogen-bond acceptors (Lipinski definition) is 4. The van der Waals surface area contributed by atoms with Crippen molar-refractivity contribution in [3.05, 3.63) is 36.2 Å². The van der Waals surface area contributed by atoms with Gasteiger partial charge in [0.15, 0.2) is 5.82 Å². The Bertz CT molecular complexity index is 566. The smallest absolute Gasteiger partial charge is 0.170 e. The van der Waals surface area contributed by atoms with Gasteiger partial charge < -0.3 is 5.32 Å². The first-order chi connectivity index (χ1) is 9.77. The molecule has 0 fully saturated rings. The summed E-state index contributed by atoms with van der Waals surface area (Å²) in [5, 5.41) is 15.6. The monoisotopic (exact) mass is 287 g/mol. The molecule has 0 unspecified atom stereocenters. The predicted molar refractivity (Wildman–Crippen MR) is 84.1 cm³/mol. The largest absolute Gasteiger partial charge is 0.305 e. The van der Waals surface area contributed by atoms with E-state index in [0.29, 0.717) is 6.54 Å². The van der Waals surface area contributed by atoms with Crippen molar-refractivity contribution in [1.82, 2.24) is 25.5 Å². The van der Waals surface area contributed by atoms with Crippen LogP contribution >= 0.6 is 0 Å². The fraction of sp³-hybridized carbons (Fsp3) is 0.562. The molecule has 0 amide bonds. The van der Waals surface area contributed by atoms with Gasteiger partial charge in [-0.3, -0.25) is 0 Å². The molecule has 0 radical (unpaired) electrons. The van der Waals surface area contributed by atoms with Gasteiger partial charge in [0, 0.05) is 5.54 Å². The Kier molecular flexibility index (Phi) is 4.42. The number of aromatic nitrogens is 4. The third-order valence-corrected chi connectivity index (χ3v) is 3.23. The van der Waals surface area contributed by atoms with Gasteiger partial charge in [0.2, 0.25) is 0 Å². The maximum absolute atomic E-state index is 4.13. The molecule has 0 saturated carbocycles. The normalized spacial score (nSPS) is 12.6. The van der Waals surface area contributed by atoms with Gasteiger partial charge in [-0.15, -0.1) is 5.10 Å². The van der Waals surface area contributed by atoms with Gasteiger partial charge in [0.25, 0.3) is 0 Å². The van der Waals surface area contributed by atoms with Crippen LogP contribution in [0.3, 0.4) is 0 Å². The van der Waals surface area contributed by atoms with Crippen molar-refractivity contribution in [2.45, 2.75) is 53.1 Å². The molecule has 0 aliphatic rings. The summed E-state index contributed by atoms with van der Waals surface area (Å²) in [6.07, 6.45) is 1.08. The average Bonchev–Trinajstić information content (AvgIpc) is 2.83. The summed E-state index contributed by atoms with van der Waals surface area (Å²) in [5.41, 5.74) is 1.29. The Morgan fingerprint density at radius 2 is 1.71 bits per heavy atom. The van der Waals surface area contributed by atoms with Gasteiger partial charge in [-0.2, -0.15) is 4.68 Å². The van der Waals surface area contributed by atoms with E-state index in [1.807, 2.05) is 30.3 Å². The third kappa shape index (κ3) is 4.63. The SMILES string of the molecule is CC(C)(C)CC(C)(C)NCc1nnnn1-c1ccccc1. The van der Waals surface area contributed by atoms with Gasteiger partial charge in [0.1, 0.15) is 0 Å². The zero-order valence-electron chi connectivity index (χ0n) is 13.6. The van der Waals surface area contributed by atoms with Gasteiger partial charge in [-0.05, 0) is 48.2 Å². The van der Waals surface area contributed by atoms with Crippen LogP contribution in [0.4, 0.5) is 0 Å². The minimum Gasteiger partial charge on any atom is -0.305 e. The Morgan fingerprint density at radius 3 is 2.33 bits per heavy atom. The van der Waals surface area contributed by atoms with Crippen molar-refractivity contribution in [2.24, 2.45) is 5.41 Å². The quantitative estimate of drug-likeness (QED) is 0.918. The molecule has 5 heteroatoms. The molecular formula is C16H25N5. The van der Waals surface area contributed by atoms with Gasteiger partial charge in [0.05, 0.1) is 12.2 Å². The van der Waals surface area contributed by atoms with E-state index in [-0.39, 0.29) is 11.0 Å². The van der Waals surface area contributed by atoms with Gasteiger partial charge >= 0.3 is 0 Å². The van der Waals surface area contributed by atoms with Gasteiger partial charge in [-0.1, -0.05) is 39.0 Å². The zero-order chi connectivity index (χ0) is 15.5. The standard InChI is InChI=1S/C16H25N5/c1-15(2,3)12-16(4,5)17-11-14-18-19-20-21(14)13-9-7-6-8-10-13/h6-10,17H,11-12H2,1-5H3. The second-order valence-corrected chi connectivity index (χ2v) is 7.32. The van der Waals surface area contributed by atoms with Crippen molar-refractivity contribution in [3.63, 3.8) is 0 Å². The van der Waals surface area contributed by atoms with Crippen molar-refractivity contribution in [1.29, 1.82) is 0 Å². The minimum absolute atomic E-state index is 0.0335. The van der Waals surface area contributed by atoms with Crippen LogP contribution in [-0.4, -0.2) is 25.7 Å². The van der Waals surface area contributed by atoms with Crippen molar-refractivity contribution >= 4 is 0 Å². The summed E-state index contributed by atoms with van der Waals surface area (Å²) in [5.74, 6) is 0.822. The van der Waals surface area contributed by atoms with Crippen LogP contribution < -0.4 is 5.32 Å². The Hall–Kier alpha value is -1.75. The highest BCUT2D eigenvalue weighted by Crippen LogP contribution is 2.26. The van der Waals surface area contributed by atoms with Crippen molar-refractivity contribution in [2.75, 3.05) is 0 Å². The van der Waals surface area contributed by atoms with Crippen LogP contribution in [0.2, 0.25) is 0 Å². The van der Waals surface area contributed by atoms with Crippen LogP contribution in [0.25, 0.3) is 5.69 Å². The molecule has 0 aliphatic carbocycles. The molecule has 114 valence electrons. The highest BCUT2D eigenvalue weighted by Gasteiger charge is 2.25. The maximum Gasteiger partial charge on any atom is 0.170 e. The van der Waals surface area contributed by atoms with Crippen LogP contribution in [0.5, 0.6) is 0 Å². The van der Waals surface area contributed by atoms with Gasteiger partial charge in [-0.25, -0.2) is 0 Å². The van der Waals surface area contributed by atoms with E-state index in [1.165, 1.54) is 0 Å². The minimum atomic E-state index is 0.0335. The lowest BCUT2D eigenvalue weighted by molar-refractivity contribution is 0.239. The summed E-state index contributed by atoms with van der Waals surface area (Å²) in [6.45, 7) is 11.8. The van der Waals surface area contributed by atoms with E-state index in [4.69, 9.17) is 0 Å². The number of tetrazole rings is 1. The Labute approximate surface area is 126 Å². The fourth-order valence-electron chi connectivity index (χ4n) is 2.79. The molecule has 1 aromatic carbocycles. The third-order valence-electron chi connectivity index (χ3n) is 3.23. The fourth-order valence-corrected chi connectivity index (χ4v) is 2.79. The molecule has 2 aromatic rings. The average molecular weight is 287 g/mol. The molecule has 5 nitrogen and oxygen atoms in total. The van der Waals surface area contributed by atoms with Crippen LogP contribution in [-0.2, 0) is 6.54 Å². The zero-order valence-corrected chi connectivity index (χ0v) is 13.6. The van der Waals surface area contributed by atoms with E-state index in [2.05, 4.69) is 55.5 Å². The molecule has 1 N–H and O–H groups in total. The number of hydrogen-bond donors (Lipinski definition) is 1. The van der Waals surface area contributed by atoms with E-state index in [9.17, 15) is 0 Å². The molecule has 2 rings (SSSR count). The van der Waals surface area contributed by atoms with E-state index >= 15 is 0 Å². The highest BCUT2D eigenvalue weighted by atomic mass is 15.5. The lowest BCUT2D eigenvalue weighted by Gasteiger charge is -2.33. The van der Waals surface area contributed by atoms with E-state index < -0.39 is 0 Å². The van der Waals surface area contributed by atoms with Crippen molar-refractivity contribution in [3.8, 4) is 5.69 Å². The second-order valence-electron chi connectivity index (χ2n) is 7.32. The molecular weight excluding hydrogens is 262 g/mol. The Morgan fingerprint density at radius 1 is 1.05 bits per heavy atom. The van der Waals surface area contributed by atoms with Crippen LogP contribution in [0.1, 0.15) is 46.9 Å². The van der Waals surface area contributed by atoms with Crippen LogP contribution in [0, 0.1) is 5.41 Å². The molecule has 1 heterocycles. The van der Waals surface area contributed by atoms with Crippen LogP contribution in [0.15, 0.2) is 30.3 Å². The Balaban J connectivity index is 2.07. The number of rotatable bonds is 5. The number of benzene rings is 1. The molecule has 1 aromatic heterocycles. The first-order valence-corrected chi connectivity index (χ1v) is 7.35. The van der Waals surface area contributed by atoms with E-state index in [0.717, 1.165) is 17.9 Å². The summed E-state index contributed by atoms with van der Waals surface area (Å²) >= 11 is 0. The lowest BCUT2D eigenvalue weighted by Crippen LogP contribution is -2.42. The molecule has 0 atom stereocenters. The predicted octanol–water partition coefficient (Wildman–Crippen LogP) is 2.97. The number of nitrogens with one attached hydrogen (secondary N) is 1. The molecule has 0 saturated heterocycles.